The maximum atomic E-state index is 6.13. The van der Waals surface area contributed by atoms with Gasteiger partial charge in [0.1, 0.15) is 5.60 Å². The standard InChI is InChI=1S/C10H19NO2/c1-9(2)6-11(3)7-10(13-9)4-5-12-8-10/h4-8H2,1-3H3. The average Bonchev–Trinajstić information content (AvgIpc) is 2.31. The highest BCUT2D eigenvalue weighted by atomic mass is 16.6. The van der Waals surface area contributed by atoms with Crippen molar-refractivity contribution < 1.29 is 9.47 Å². The summed E-state index contributed by atoms with van der Waals surface area (Å²) in [4.78, 5) is 2.35. The van der Waals surface area contributed by atoms with Crippen LogP contribution in [0.15, 0.2) is 0 Å². The molecule has 1 unspecified atom stereocenters. The molecule has 0 aromatic carbocycles. The molecule has 0 amide bonds. The van der Waals surface area contributed by atoms with Crippen molar-refractivity contribution in [1.29, 1.82) is 0 Å². The highest BCUT2D eigenvalue weighted by Gasteiger charge is 2.45. The Labute approximate surface area is 80.0 Å². The van der Waals surface area contributed by atoms with Crippen LogP contribution in [0.1, 0.15) is 20.3 Å². The Balaban J connectivity index is 2.12. The molecule has 0 saturated carbocycles. The number of hydrogen-bond acceptors (Lipinski definition) is 3. The van der Waals surface area contributed by atoms with Crippen molar-refractivity contribution in [3.8, 4) is 0 Å². The predicted molar refractivity (Wildman–Crippen MR) is 50.8 cm³/mol. The van der Waals surface area contributed by atoms with Crippen LogP contribution < -0.4 is 0 Å². The van der Waals surface area contributed by atoms with Crippen molar-refractivity contribution in [3.05, 3.63) is 0 Å². The van der Waals surface area contributed by atoms with Crippen molar-refractivity contribution in [1.82, 2.24) is 4.90 Å². The summed E-state index contributed by atoms with van der Waals surface area (Å²) in [6.07, 6.45) is 1.04. The molecule has 0 aliphatic carbocycles. The van der Waals surface area contributed by atoms with Gasteiger partial charge in [0, 0.05) is 26.1 Å². The van der Waals surface area contributed by atoms with E-state index >= 15 is 0 Å². The van der Waals surface area contributed by atoms with Gasteiger partial charge in [0.2, 0.25) is 0 Å². The molecule has 3 heteroatoms. The monoisotopic (exact) mass is 185 g/mol. The molecule has 0 aromatic rings. The van der Waals surface area contributed by atoms with Crippen molar-refractivity contribution in [2.45, 2.75) is 31.5 Å². The van der Waals surface area contributed by atoms with E-state index in [1.807, 2.05) is 0 Å². The molecule has 0 bridgehead atoms. The third-order valence-electron chi connectivity index (χ3n) is 2.77. The molecule has 1 atom stereocenters. The minimum absolute atomic E-state index is 0.0174. The van der Waals surface area contributed by atoms with Crippen LogP contribution in [0.2, 0.25) is 0 Å². The van der Waals surface area contributed by atoms with E-state index in [-0.39, 0.29) is 11.2 Å². The van der Waals surface area contributed by atoms with Gasteiger partial charge in [-0.05, 0) is 20.9 Å². The molecule has 0 aromatic heterocycles. The molecule has 2 saturated heterocycles. The van der Waals surface area contributed by atoms with Gasteiger partial charge in [0.25, 0.3) is 0 Å². The van der Waals surface area contributed by atoms with Crippen LogP contribution in [-0.4, -0.2) is 49.5 Å². The molecule has 0 radical (unpaired) electrons. The molecule has 2 aliphatic rings. The molecule has 2 heterocycles. The lowest BCUT2D eigenvalue weighted by molar-refractivity contribution is -0.190. The van der Waals surface area contributed by atoms with E-state index in [0.717, 1.165) is 32.7 Å². The maximum Gasteiger partial charge on any atom is 0.107 e. The number of hydrogen-bond donors (Lipinski definition) is 0. The number of nitrogens with zero attached hydrogens (tertiary/aromatic N) is 1. The first kappa shape index (κ1) is 9.44. The number of rotatable bonds is 0. The zero-order chi connectivity index (χ0) is 9.53. The zero-order valence-electron chi connectivity index (χ0n) is 8.80. The minimum atomic E-state index is -0.0271. The lowest BCUT2D eigenvalue weighted by Gasteiger charge is -2.46. The van der Waals surface area contributed by atoms with E-state index < -0.39 is 0 Å². The quantitative estimate of drug-likeness (QED) is 0.559. The second-order valence-electron chi connectivity index (χ2n) is 5.02. The normalized spacial score (nSPS) is 39.9. The van der Waals surface area contributed by atoms with Gasteiger partial charge in [-0.15, -0.1) is 0 Å². The fourth-order valence-electron chi connectivity index (χ4n) is 2.64. The third kappa shape index (κ3) is 1.87. The van der Waals surface area contributed by atoms with Gasteiger partial charge in [0.15, 0.2) is 0 Å². The summed E-state index contributed by atoms with van der Waals surface area (Å²) >= 11 is 0. The summed E-state index contributed by atoms with van der Waals surface area (Å²) in [5.41, 5.74) is -0.0444. The molecule has 3 nitrogen and oxygen atoms in total. The van der Waals surface area contributed by atoms with Crippen LogP contribution >= 0.6 is 0 Å². The van der Waals surface area contributed by atoms with Crippen LogP contribution in [0, 0.1) is 0 Å². The average molecular weight is 185 g/mol. The van der Waals surface area contributed by atoms with Crippen LogP contribution in [-0.2, 0) is 9.47 Å². The van der Waals surface area contributed by atoms with Gasteiger partial charge >= 0.3 is 0 Å². The Hall–Kier alpha value is -0.120. The first-order chi connectivity index (χ1) is 6.02. The Bertz CT molecular complexity index is 197. The van der Waals surface area contributed by atoms with Gasteiger partial charge in [0.05, 0.1) is 12.2 Å². The van der Waals surface area contributed by atoms with Crippen LogP contribution in [0.5, 0.6) is 0 Å². The number of likely N-dealkylation sites (N-methyl/N-ethyl adjacent to an activating group) is 1. The largest absolute Gasteiger partial charge is 0.378 e. The first-order valence-corrected chi connectivity index (χ1v) is 4.98. The molecular weight excluding hydrogens is 166 g/mol. The molecular formula is C10H19NO2. The van der Waals surface area contributed by atoms with E-state index in [0.29, 0.717) is 0 Å². The van der Waals surface area contributed by atoms with Crippen LogP contribution in [0.3, 0.4) is 0 Å². The Kier molecular flexibility index (Phi) is 2.13. The summed E-state index contributed by atoms with van der Waals surface area (Å²) in [5, 5.41) is 0. The van der Waals surface area contributed by atoms with E-state index in [2.05, 4.69) is 25.8 Å². The van der Waals surface area contributed by atoms with Gasteiger partial charge < -0.3 is 14.4 Å². The molecule has 0 N–H and O–H groups in total. The Morgan fingerprint density at radius 1 is 1.23 bits per heavy atom. The van der Waals surface area contributed by atoms with Crippen LogP contribution in [0.4, 0.5) is 0 Å². The number of morpholine rings is 1. The number of ether oxygens (including phenoxy) is 2. The van der Waals surface area contributed by atoms with E-state index in [1.54, 1.807) is 0 Å². The second-order valence-corrected chi connectivity index (χ2v) is 5.02. The third-order valence-corrected chi connectivity index (χ3v) is 2.77. The Morgan fingerprint density at radius 3 is 2.54 bits per heavy atom. The molecule has 2 rings (SSSR count). The smallest absolute Gasteiger partial charge is 0.107 e. The first-order valence-electron chi connectivity index (χ1n) is 4.98. The van der Waals surface area contributed by atoms with E-state index in [4.69, 9.17) is 9.47 Å². The molecule has 76 valence electrons. The molecule has 2 aliphatic heterocycles. The van der Waals surface area contributed by atoms with E-state index in [9.17, 15) is 0 Å². The second kappa shape index (κ2) is 2.94. The predicted octanol–water partition coefficient (Wildman–Crippen LogP) is 0.886. The molecule has 2 fully saturated rings. The highest BCUT2D eigenvalue weighted by molar-refractivity contribution is 4.95. The van der Waals surface area contributed by atoms with Crippen molar-refractivity contribution in [2.24, 2.45) is 0 Å². The fraction of sp³-hybridized carbons (Fsp3) is 1.00. The van der Waals surface area contributed by atoms with E-state index in [1.165, 1.54) is 0 Å². The maximum absolute atomic E-state index is 6.13. The van der Waals surface area contributed by atoms with Crippen LogP contribution in [0.25, 0.3) is 0 Å². The zero-order valence-corrected chi connectivity index (χ0v) is 8.80. The van der Waals surface area contributed by atoms with Crippen molar-refractivity contribution >= 4 is 0 Å². The minimum Gasteiger partial charge on any atom is -0.378 e. The summed E-state index contributed by atoms with van der Waals surface area (Å²) in [6.45, 7) is 7.95. The summed E-state index contributed by atoms with van der Waals surface area (Å²) in [7, 11) is 2.16. The van der Waals surface area contributed by atoms with Gasteiger partial charge in [-0.3, -0.25) is 0 Å². The Morgan fingerprint density at radius 2 is 2.00 bits per heavy atom. The molecule has 1 spiro atoms. The lowest BCUT2D eigenvalue weighted by Crippen LogP contribution is -2.58. The van der Waals surface area contributed by atoms with Crippen molar-refractivity contribution in [3.63, 3.8) is 0 Å². The SMILES string of the molecule is CN1CC(C)(C)OC2(CCOC2)C1. The molecule has 13 heavy (non-hydrogen) atoms. The fourth-order valence-corrected chi connectivity index (χ4v) is 2.64. The summed E-state index contributed by atoms with van der Waals surface area (Å²) in [5.74, 6) is 0. The summed E-state index contributed by atoms with van der Waals surface area (Å²) < 4.78 is 11.6. The lowest BCUT2D eigenvalue weighted by atomic mass is 9.95. The van der Waals surface area contributed by atoms with Gasteiger partial charge in [-0.2, -0.15) is 0 Å². The topological polar surface area (TPSA) is 21.7 Å². The summed E-state index contributed by atoms with van der Waals surface area (Å²) in [6, 6.07) is 0. The van der Waals surface area contributed by atoms with Gasteiger partial charge in [-0.25, -0.2) is 0 Å². The highest BCUT2D eigenvalue weighted by Crippen LogP contribution is 2.33. The van der Waals surface area contributed by atoms with Crippen molar-refractivity contribution in [2.75, 3.05) is 33.4 Å². The van der Waals surface area contributed by atoms with Gasteiger partial charge in [-0.1, -0.05) is 0 Å².